The van der Waals surface area contributed by atoms with Crippen molar-refractivity contribution in [1.82, 2.24) is 10.4 Å². The topological polar surface area (TPSA) is 111 Å². The number of unbranched alkanes of at least 4 members (excludes halogenated alkanes) is 1. The molecule has 0 radical (unpaired) electrons. The zero-order valence-corrected chi connectivity index (χ0v) is 21.8. The quantitative estimate of drug-likeness (QED) is 0.315. The number of benzene rings is 1. The fourth-order valence-electron chi connectivity index (χ4n) is 3.78. The molecule has 1 aromatic carbocycles. The largest absolute Gasteiger partial charge is 0.371 e. The lowest BCUT2D eigenvalue weighted by atomic mass is 9.84. The maximum atomic E-state index is 13.8. The lowest BCUT2D eigenvalue weighted by Gasteiger charge is -2.39. The Bertz CT molecular complexity index is 776. The normalized spacial score (nSPS) is 14.4. The van der Waals surface area contributed by atoms with Gasteiger partial charge in [0.25, 0.3) is 5.91 Å². The number of rotatable bonds is 14. The van der Waals surface area contributed by atoms with Crippen molar-refractivity contribution in [3.63, 3.8) is 0 Å². The standard InChI is InChI=1S/C26H43N3O5/c1-8-9-15-28-24(31)22(26(4,5)6)29(34-17-19-13-11-10-12-14-19)25(32)21(33-7)20(23(27)30)16-18(2)3/h10-14,18,20-22H,8-9,15-17H2,1-7H3,(H2,27,30)(H,28,31)/t20-,21+,22?/m1/s1. The van der Waals surface area contributed by atoms with Crippen LogP contribution < -0.4 is 11.1 Å². The maximum absolute atomic E-state index is 13.8. The van der Waals surface area contributed by atoms with Crippen molar-refractivity contribution in [1.29, 1.82) is 0 Å². The van der Waals surface area contributed by atoms with Crippen molar-refractivity contribution in [2.75, 3.05) is 13.7 Å². The van der Waals surface area contributed by atoms with Crippen molar-refractivity contribution in [2.24, 2.45) is 23.0 Å². The first-order chi connectivity index (χ1) is 15.9. The summed E-state index contributed by atoms with van der Waals surface area (Å²) < 4.78 is 5.51. The second-order valence-electron chi connectivity index (χ2n) is 10.1. The van der Waals surface area contributed by atoms with Gasteiger partial charge in [-0.2, -0.15) is 0 Å². The molecule has 0 bridgehead atoms. The number of amides is 3. The molecule has 0 saturated carbocycles. The van der Waals surface area contributed by atoms with Gasteiger partial charge in [-0.25, -0.2) is 5.06 Å². The summed E-state index contributed by atoms with van der Waals surface area (Å²) in [6.07, 6.45) is 0.938. The van der Waals surface area contributed by atoms with Crippen LogP contribution in [0.2, 0.25) is 0 Å². The van der Waals surface area contributed by atoms with Gasteiger partial charge in [0.15, 0.2) is 0 Å². The van der Waals surface area contributed by atoms with E-state index in [4.69, 9.17) is 15.3 Å². The van der Waals surface area contributed by atoms with Gasteiger partial charge in [0, 0.05) is 13.7 Å². The van der Waals surface area contributed by atoms with E-state index in [9.17, 15) is 14.4 Å². The van der Waals surface area contributed by atoms with Crippen LogP contribution in [0.5, 0.6) is 0 Å². The Balaban J connectivity index is 3.40. The third-order valence-corrected chi connectivity index (χ3v) is 5.52. The van der Waals surface area contributed by atoms with Gasteiger partial charge in [0.1, 0.15) is 18.8 Å². The highest BCUT2D eigenvalue weighted by Crippen LogP contribution is 2.29. The van der Waals surface area contributed by atoms with Crippen LogP contribution in [-0.2, 0) is 30.6 Å². The van der Waals surface area contributed by atoms with Crippen molar-refractivity contribution >= 4 is 17.7 Å². The van der Waals surface area contributed by atoms with Gasteiger partial charge in [0.2, 0.25) is 11.8 Å². The summed E-state index contributed by atoms with van der Waals surface area (Å²) in [5.41, 5.74) is 5.83. The van der Waals surface area contributed by atoms with E-state index in [0.717, 1.165) is 23.5 Å². The van der Waals surface area contributed by atoms with E-state index < -0.39 is 35.3 Å². The predicted molar refractivity (Wildman–Crippen MR) is 132 cm³/mol. The number of carbonyl (C=O) groups is 3. The van der Waals surface area contributed by atoms with Gasteiger partial charge in [-0.1, -0.05) is 78.3 Å². The van der Waals surface area contributed by atoms with Gasteiger partial charge in [0.05, 0.1) is 5.92 Å². The molecule has 0 fully saturated rings. The molecule has 1 unspecified atom stereocenters. The third-order valence-electron chi connectivity index (χ3n) is 5.52. The van der Waals surface area contributed by atoms with Crippen molar-refractivity contribution in [3.05, 3.63) is 35.9 Å². The van der Waals surface area contributed by atoms with E-state index in [1.807, 2.05) is 71.9 Å². The van der Waals surface area contributed by atoms with Crippen LogP contribution in [0.4, 0.5) is 0 Å². The first kappa shape index (κ1) is 29.6. The molecule has 3 amide bonds. The molecule has 0 aromatic heterocycles. The van der Waals surface area contributed by atoms with Gasteiger partial charge in [-0.15, -0.1) is 0 Å². The van der Waals surface area contributed by atoms with Gasteiger partial charge in [-0.3, -0.25) is 19.2 Å². The predicted octanol–water partition coefficient (Wildman–Crippen LogP) is 3.44. The molecule has 0 spiro atoms. The Morgan fingerprint density at radius 1 is 1.12 bits per heavy atom. The van der Waals surface area contributed by atoms with Crippen molar-refractivity contribution in [2.45, 2.75) is 79.6 Å². The molecule has 3 N–H and O–H groups in total. The zero-order valence-electron chi connectivity index (χ0n) is 21.8. The van der Waals surface area contributed by atoms with Crippen molar-refractivity contribution in [3.8, 4) is 0 Å². The Hall–Kier alpha value is -2.45. The van der Waals surface area contributed by atoms with Crippen LogP contribution in [-0.4, -0.2) is 48.6 Å². The van der Waals surface area contributed by atoms with Gasteiger partial charge >= 0.3 is 0 Å². The molecule has 3 atom stereocenters. The molecule has 0 aliphatic carbocycles. The van der Waals surface area contributed by atoms with Gasteiger partial charge in [-0.05, 0) is 29.7 Å². The van der Waals surface area contributed by atoms with E-state index in [2.05, 4.69) is 5.32 Å². The van der Waals surface area contributed by atoms with Gasteiger partial charge < -0.3 is 15.8 Å². The average molecular weight is 478 g/mol. The molecule has 8 nitrogen and oxygen atoms in total. The van der Waals surface area contributed by atoms with Crippen LogP contribution in [0.3, 0.4) is 0 Å². The smallest absolute Gasteiger partial charge is 0.276 e. The van der Waals surface area contributed by atoms with E-state index in [1.165, 1.54) is 7.11 Å². The lowest BCUT2D eigenvalue weighted by Crippen LogP contribution is -2.59. The number of carbonyl (C=O) groups excluding carboxylic acids is 3. The highest BCUT2D eigenvalue weighted by Gasteiger charge is 2.45. The van der Waals surface area contributed by atoms with Crippen LogP contribution in [0.1, 0.15) is 66.4 Å². The molecule has 8 heteroatoms. The number of methoxy groups -OCH3 is 1. The molecular weight excluding hydrogens is 434 g/mol. The molecule has 192 valence electrons. The second kappa shape index (κ2) is 14.1. The molecule has 0 aliphatic heterocycles. The number of hydrogen-bond acceptors (Lipinski definition) is 5. The average Bonchev–Trinajstić information content (AvgIpc) is 2.75. The number of nitrogens with two attached hydrogens (primary N) is 1. The number of hydrogen-bond donors (Lipinski definition) is 2. The minimum absolute atomic E-state index is 0.0727. The molecule has 1 aromatic rings. The number of ether oxygens (including phenoxy) is 1. The lowest BCUT2D eigenvalue weighted by molar-refractivity contribution is -0.227. The van der Waals surface area contributed by atoms with Crippen LogP contribution in [0.25, 0.3) is 0 Å². The summed E-state index contributed by atoms with van der Waals surface area (Å²) in [5.74, 6) is -2.30. The Kier molecular flexibility index (Phi) is 12.2. The Morgan fingerprint density at radius 2 is 1.74 bits per heavy atom. The first-order valence-corrected chi connectivity index (χ1v) is 12.0. The maximum Gasteiger partial charge on any atom is 0.276 e. The fourth-order valence-corrected chi connectivity index (χ4v) is 3.78. The monoisotopic (exact) mass is 477 g/mol. The zero-order chi connectivity index (χ0) is 25.9. The highest BCUT2D eigenvalue weighted by molar-refractivity contribution is 5.92. The molecule has 0 saturated heterocycles. The second-order valence-corrected chi connectivity index (χ2v) is 10.1. The summed E-state index contributed by atoms with van der Waals surface area (Å²) in [6.45, 7) is 12.1. The van der Waals surface area contributed by atoms with E-state index in [0.29, 0.717) is 13.0 Å². The Morgan fingerprint density at radius 3 is 2.21 bits per heavy atom. The fraction of sp³-hybridized carbons (Fsp3) is 0.654. The van der Waals surface area contributed by atoms with E-state index in [-0.39, 0.29) is 18.4 Å². The summed E-state index contributed by atoms with van der Waals surface area (Å²) in [7, 11) is 1.36. The summed E-state index contributed by atoms with van der Waals surface area (Å²) in [6, 6.07) is 8.41. The van der Waals surface area contributed by atoms with E-state index >= 15 is 0 Å². The molecule has 0 aliphatic rings. The van der Waals surface area contributed by atoms with Crippen LogP contribution in [0, 0.1) is 17.3 Å². The minimum atomic E-state index is -1.18. The van der Waals surface area contributed by atoms with Crippen LogP contribution >= 0.6 is 0 Å². The van der Waals surface area contributed by atoms with Crippen LogP contribution in [0.15, 0.2) is 30.3 Å². The molecule has 0 heterocycles. The number of nitrogens with zero attached hydrogens (tertiary/aromatic N) is 1. The minimum Gasteiger partial charge on any atom is -0.371 e. The number of hydroxylamine groups is 2. The van der Waals surface area contributed by atoms with Crippen molar-refractivity contribution < 1.29 is 24.0 Å². The number of primary amides is 1. The summed E-state index contributed by atoms with van der Waals surface area (Å²) in [5, 5.41) is 4.02. The number of nitrogens with one attached hydrogen (secondary N) is 1. The summed E-state index contributed by atoms with van der Waals surface area (Å²) >= 11 is 0. The summed E-state index contributed by atoms with van der Waals surface area (Å²) in [4.78, 5) is 45.4. The first-order valence-electron chi connectivity index (χ1n) is 12.0. The highest BCUT2D eigenvalue weighted by atomic mass is 16.7. The third kappa shape index (κ3) is 9.06. The molecule has 1 rings (SSSR count). The SMILES string of the molecule is CCCCNC(=O)C(N(OCc1ccccc1)C(=O)[C@@H](OC)[C@@H](CC(C)C)C(N)=O)C(C)(C)C. The Labute approximate surface area is 204 Å². The molecule has 34 heavy (non-hydrogen) atoms. The molecular formula is C26H43N3O5. The van der Waals surface area contributed by atoms with E-state index in [1.54, 1.807) is 0 Å².